The summed E-state index contributed by atoms with van der Waals surface area (Å²) in [6.45, 7) is 0. The number of allylic oxidation sites excluding steroid dienone is 1. The number of halogens is 1. The Hall–Kier alpha value is -0.120. The number of aliphatic hydroxyl groups excluding tert-OH is 1. The summed E-state index contributed by atoms with van der Waals surface area (Å²) in [5.41, 5.74) is 1.19. The van der Waals surface area contributed by atoms with Crippen molar-refractivity contribution in [3.05, 3.63) is 32.4 Å². The normalized spacial score (nSPS) is 18.8. The maximum absolute atomic E-state index is 9.95. The molecule has 0 aliphatic heterocycles. The van der Waals surface area contributed by atoms with E-state index in [-0.39, 0.29) is 6.10 Å². The van der Waals surface area contributed by atoms with Gasteiger partial charge in [-0.25, -0.2) is 0 Å². The SMILES string of the molecule is OC(C1=CCCC1)c1ccc(Br)s1. The standard InChI is InChI=1S/C10H11BrOS/c11-9-6-5-8(13-9)10(12)7-3-1-2-4-7/h3,5-6,10,12H,1-2,4H2. The van der Waals surface area contributed by atoms with Crippen LogP contribution in [0.5, 0.6) is 0 Å². The molecule has 1 aliphatic carbocycles. The van der Waals surface area contributed by atoms with E-state index in [0.29, 0.717) is 0 Å². The van der Waals surface area contributed by atoms with E-state index in [1.165, 1.54) is 12.0 Å². The smallest absolute Gasteiger partial charge is 0.109 e. The van der Waals surface area contributed by atoms with E-state index in [9.17, 15) is 5.11 Å². The number of aliphatic hydroxyl groups is 1. The molecule has 0 spiro atoms. The maximum Gasteiger partial charge on any atom is 0.109 e. The van der Waals surface area contributed by atoms with Crippen LogP contribution in [-0.4, -0.2) is 5.11 Å². The second-order valence-corrected chi connectivity index (χ2v) is 5.71. The van der Waals surface area contributed by atoms with Crippen LogP contribution in [0.25, 0.3) is 0 Å². The van der Waals surface area contributed by atoms with Crippen molar-refractivity contribution >= 4 is 27.3 Å². The van der Waals surface area contributed by atoms with Crippen molar-refractivity contribution < 1.29 is 5.11 Å². The molecular formula is C10H11BrOS. The molecule has 0 fully saturated rings. The quantitative estimate of drug-likeness (QED) is 0.804. The second kappa shape index (κ2) is 3.95. The predicted molar refractivity (Wildman–Crippen MR) is 58.9 cm³/mol. The monoisotopic (exact) mass is 258 g/mol. The number of hydrogen-bond acceptors (Lipinski definition) is 2. The Morgan fingerprint density at radius 1 is 1.46 bits per heavy atom. The molecule has 0 amide bonds. The van der Waals surface area contributed by atoms with Crippen LogP contribution in [0, 0.1) is 0 Å². The molecule has 0 saturated carbocycles. The molecule has 3 heteroatoms. The van der Waals surface area contributed by atoms with Crippen LogP contribution in [0.3, 0.4) is 0 Å². The lowest BCUT2D eigenvalue weighted by Crippen LogP contribution is -1.96. The van der Waals surface area contributed by atoms with Crippen LogP contribution in [0.15, 0.2) is 27.6 Å². The molecule has 0 bridgehead atoms. The molecule has 1 N–H and O–H groups in total. The Bertz CT molecular complexity index is 329. The van der Waals surface area contributed by atoms with Crippen LogP contribution in [0.2, 0.25) is 0 Å². The average Bonchev–Trinajstić information content (AvgIpc) is 2.72. The second-order valence-electron chi connectivity index (χ2n) is 3.22. The topological polar surface area (TPSA) is 20.2 Å². The largest absolute Gasteiger partial charge is 0.383 e. The first-order valence-corrected chi connectivity index (χ1v) is 6.00. The Labute approximate surface area is 90.2 Å². The van der Waals surface area contributed by atoms with Crippen molar-refractivity contribution in [1.29, 1.82) is 0 Å². The molecule has 1 nitrogen and oxygen atoms in total. The van der Waals surface area contributed by atoms with Gasteiger partial charge in [0.25, 0.3) is 0 Å². The zero-order valence-corrected chi connectivity index (χ0v) is 9.57. The van der Waals surface area contributed by atoms with Gasteiger partial charge in [0.05, 0.1) is 3.79 Å². The summed E-state index contributed by atoms with van der Waals surface area (Å²) in [6, 6.07) is 3.97. The summed E-state index contributed by atoms with van der Waals surface area (Å²) >= 11 is 5.01. The van der Waals surface area contributed by atoms with Crippen molar-refractivity contribution in [1.82, 2.24) is 0 Å². The van der Waals surface area contributed by atoms with E-state index in [4.69, 9.17) is 0 Å². The lowest BCUT2D eigenvalue weighted by Gasteiger charge is -2.08. The van der Waals surface area contributed by atoms with Crippen LogP contribution in [0.1, 0.15) is 30.2 Å². The van der Waals surface area contributed by atoms with Crippen molar-refractivity contribution in [3.63, 3.8) is 0 Å². The van der Waals surface area contributed by atoms with Gasteiger partial charge in [0.15, 0.2) is 0 Å². The van der Waals surface area contributed by atoms with Gasteiger partial charge in [-0.2, -0.15) is 0 Å². The number of rotatable bonds is 2. The fourth-order valence-corrected chi connectivity index (χ4v) is 3.06. The minimum atomic E-state index is -0.362. The Morgan fingerprint density at radius 3 is 2.85 bits per heavy atom. The first-order chi connectivity index (χ1) is 6.27. The van der Waals surface area contributed by atoms with Crippen LogP contribution >= 0.6 is 27.3 Å². The van der Waals surface area contributed by atoms with Crippen molar-refractivity contribution in [2.75, 3.05) is 0 Å². The van der Waals surface area contributed by atoms with Crippen LogP contribution in [0.4, 0.5) is 0 Å². The highest BCUT2D eigenvalue weighted by atomic mass is 79.9. The average molecular weight is 259 g/mol. The summed E-state index contributed by atoms with van der Waals surface area (Å²) in [5, 5.41) is 9.95. The van der Waals surface area contributed by atoms with Gasteiger partial charge in [0.1, 0.15) is 6.10 Å². The third-order valence-electron chi connectivity index (χ3n) is 2.29. The molecule has 1 heterocycles. The van der Waals surface area contributed by atoms with Crippen molar-refractivity contribution in [2.45, 2.75) is 25.4 Å². The first kappa shape index (κ1) is 9.44. The number of hydrogen-bond donors (Lipinski definition) is 1. The highest BCUT2D eigenvalue weighted by Crippen LogP contribution is 2.35. The molecule has 1 aromatic rings. The van der Waals surface area contributed by atoms with Gasteiger partial charge in [-0.15, -0.1) is 11.3 Å². The van der Waals surface area contributed by atoms with Gasteiger partial charge >= 0.3 is 0 Å². The van der Waals surface area contributed by atoms with E-state index in [0.717, 1.165) is 21.5 Å². The van der Waals surface area contributed by atoms with E-state index >= 15 is 0 Å². The summed E-state index contributed by atoms with van der Waals surface area (Å²) in [6.07, 6.45) is 5.17. The van der Waals surface area contributed by atoms with Gasteiger partial charge in [-0.3, -0.25) is 0 Å². The maximum atomic E-state index is 9.95. The zero-order valence-electron chi connectivity index (χ0n) is 7.16. The summed E-state index contributed by atoms with van der Waals surface area (Å²) in [5.74, 6) is 0. The molecule has 2 rings (SSSR count). The van der Waals surface area contributed by atoms with Crippen LogP contribution < -0.4 is 0 Å². The molecule has 1 aliphatic rings. The van der Waals surface area contributed by atoms with Crippen LogP contribution in [-0.2, 0) is 0 Å². The molecular weight excluding hydrogens is 248 g/mol. The molecule has 0 aromatic carbocycles. The third kappa shape index (κ3) is 2.03. The lowest BCUT2D eigenvalue weighted by atomic mass is 10.1. The molecule has 1 unspecified atom stereocenters. The minimum Gasteiger partial charge on any atom is -0.383 e. The van der Waals surface area contributed by atoms with E-state index < -0.39 is 0 Å². The molecule has 1 aromatic heterocycles. The van der Waals surface area contributed by atoms with Crippen molar-refractivity contribution in [3.8, 4) is 0 Å². The Morgan fingerprint density at radius 2 is 2.31 bits per heavy atom. The first-order valence-electron chi connectivity index (χ1n) is 4.39. The Kier molecular flexibility index (Phi) is 2.86. The molecule has 0 radical (unpaired) electrons. The highest BCUT2D eigenvalue weighted by molar-refractivity contribution is 9.11. The van der Waals surface area contributed by atoms with Gasteiger partial charge in [-0.05, 0) is 52.9 Å². The number of thiophene rings is 1. The lowest BCUT2D eigenvalue weighted by molar-refractivity contribution is 0.216. The van der Waals surface area contributed by atoms with Gasteiger partial charge < -0.3 is 5.11 Å². The van der Waals surface area contributed by atoms with Gasteiger partial charge in [-0.1, -0.05) is 6.08 Å². The summed E-state index contributed by atoms with van der Waals surface area (Å²) < 4.78 is 1.08. The minimum absolute atomic E-state index is 0.362. The predicted octanol–water partition coefficient (Wildman–Crippen LogP) is 3.65. The summed E-state index contributed by atoms with van der Waals surface area (Å²) in [4.78, 5) is 1.04. The molecule has 70 valence electrons. The van der Waals surface area contributed by atoms with E-state index in [1.807, 2.05) is 12.1 Å². The van der Waals surface area contributed by atoms with E-state index in [2.05, 4.69) is 22.0 Å². The third-order valence-corrected chi connectivity index (χ3v) is 3.97. The van der Waals surface area contributed by atoms with Gasteiger partial charge in [0.2, 0.25) is 0 Å². The highest BCUT2D eigenvalue weighted by Gasteiger charge is 2.17. The fourth-order valence-electron chi connectivity index (χ4n) is 1.60. The van der Waals surface area contributed by atoms with E-state index in [1.54, 1.807) is 11.3 Å². The Balaban J connectivity index is 2.16. The molecule has 1 atom stereocenters. The fraction of sp³-hybridized carbons (Fsp3) is 0.400. The summed E-state index contributed by atoms with van der Waals surface area (Å²) in [7, 11) is 0. The molecule has 0 saturated heterocycles. The van der Waals surface area contributed by atoms with Crippen molar-refractivity contribution in [2.24, 2.45) is 0 Å². The molecule has 13 heavy (non-hydrogen) atoms. The van der Waals surface area contributed by atoms with Gasteiger partial charge in [0, 0.05) is 4.88 Å². The zero-order chi connectivity index (χ0) is 9.26.